The van der Waals surface area contributed by atoms with Crippen LogP contribution < -0.4 is 0 Å². The fourth-order valence-corrected chi connectivity index (χ4v) is 3.29. The fourth-order valence-electron chi connectivity index (χ4n) is 2.50. The highest BCUT2D eigenvalue weighted by molar-refractivity contribution is 14.1. The van der Waals surface area contributed by atoms with Crippen molar-refractivity contribution in [1.29, 1.82) is 0 Å². The quantitative estimate of drug-likeness (QED) is 0.642. The third-order valence-electron chi connectivity index (χ3n) is 3.54. The Hall–Kier alpha value is -0.250. The maximum atomic E-state index is 9.94. The minimum atomic E-state index is 0.222. The van der Waals surface area contributed by atoms with Crippen LogP contribution in [0.25, 0.3) is 0 Å². The summed E-state index contributed by atoms with van der Waals surface area (Å²) in [5, 5.41) is 9.94. The topological polar surface area (TPSA) is 20.2 Å². The lowest BCUT2D eigenvalue weighted by Gasteiger charge is -2.36. The van der Waals surface area contributed by atoms with Gasteiger partial charge in [-0.1, -0.05) is 47.6 Å². The van der Waals surface area contributed by atoms with Crippen LogP contribution in [0.1, 0.15) is 65.0 Å². The van der Waals surface area contributed by atoms with Crippen LogP contribution in [0.2, 0.25) is 0 Å². The highest BCUT2D eigenvalue weighted by Crippen LogP contribution is 2.44. The van der Waals surface area contributed by atoms with E-state index in [2.05, 4.69) is 76.3 Å². The zero-order chi connectivity index (χ0) is 15.0. The molecule has 1 atom stereocenters. The predicted molar refractivity (Wildman–Crippen MR) is 91.8 cm³/mol. The molecule has 0 aliphatic heterocycles. The highest BCUT2D eigenvalue weighted by Gasteiger charge is 2.30. The maximum absolute atomic E-state index is 9.94. The molecule has 1 nitrogen and oxygen atoms in total. The van der Waals surface area contributed by atoms with Gasteiger partial charge in [0.2, 0.25) is 0 Å². The summed E-state index contributed by atoms with van der Waals surface area (Å²) in [7, 11) is 0. The van der Waals surface area contributed by atoms with E-state index in [0.29, 0.717) is 17.1 Å². The van der Waals surface area contributed by atoms with E-state index in [9.17, 15) is 5.11 Å². The Bertz CT molecular complexity index is 426. The molecule has 1 aromatic rings. The van der Waals surface area contributed by atoms with Crippen molar-refractivity contribution in [3.8, 4) is 5.75 Å². The molecule has 0 aliphatic carbocycles. The molecule has 19 heavy (non-hydrogen) atoms. The first-order chi connectivity index (χ1) is 8.42. The van der Waals surface area contributed by atoms with E-state index in [0.717, 1.165) is 15.6 Å². The van der Waals surface area contributed by atoms with Crippen LogP contribution in [0.5, 0.6) is 5.75 Å². The Morgan fingerprint density at radius 3 is 2.00 bits per heavy atom. The Balaban J connectivity index is 3.26. The molecule has 1 rings (SSSR count). The van der Waals surface area contributed by atoms with Crippen LogP contribution in [0.4, 0.5) is 0 Å². The lowest BCUT2D eigenvalue weighted by atomic mass is 9.69. The number of phenols is 1. The van der Waals surface area contributed by atoms with Gasteiger partial charge in [-0.05, 0) is 69.9 Å². The van der Waals surface area contributed by atoms with Crippen molar-refractivity contribution >= 4 is 22.6 Å². The smallest absolute Gasteiger partial charge is 0.131 e. The van der Waals surface area contributed by atoms with Gasteiger partial charge in [0, 0.05) is 0 Å². The average Bonchev–Trinajstić information content (AvgIpc) is 2.19. The molecule has 0 aromatic heterocycles. The minimum absolute atomic E-state index is 0.222. The number of aryl methyl sites for hydroxylation is 1. The number of hydrogen-bond acceptors (Lipinski definition) is 1. The third-order valence-corrected chi connectivity index (χ3v) is 4.36. The average molecular weight is 374 g/mol. The summed E-state index contributed by atoms with van der Waals surface area (Å²) >= 11 is 2.22. The lowest BCUT2D eigenvalue weighted by Crippen LogP contribution is -2.24. The van der Waals surface area contributed by atoms with Crippen LogP contribution in [0.15, 0.2) is 12.1 Å². The van der Waals surface area contributed by atoms with Gasteiger partial charge < -0.3 is 5.11 Å². The van der Waals surface area contributed by atoms with Crippen molar-refractivity contribution in [2.45, 2.75) is 60.8 Å². The van der Waals surface area contributed by atoms with Crippen molar-refractivity contribution in [3.63, 3.8) is 0 Å². The first-order valence-corrected chi connectivity index (χ1v) is 7.99. The van der Waals surface area contributed by atoms with Gasteiger partial charge in [-0.25, -0.2) is 0 Å². The largest absolute Gasteiger partial charge is 0.507 e. The van der Waals surface area contributed by atoms with Gasteiger partial charge >= 0.3 is 0 Å². The van der Waals surface area contributed by atoms with E-state index >= 15 is 0 Å². The van der Waals surface area contributed by atoms with Crippen molar-refractivity contribution in [1.82, 2.24) is 0 Å². The standard InChI is InChI=1S/C17H27IO/c1-11-8-12(9-14(18)15(11)19)13(17(5,6)7)10-16(2,3)4/h8-9,13,19H,10H2,1-7H3. The molecule has 1 N–H and O–H groups in total. The zero-order valence-electron chi connectivity index (χ0n) is 13.3. The van der Waals surface area contributed by atoms with E-state index in [1.54, 1.807) is 0 Å². The second kappa shape index (κ2) is 5.63. The Kier molecular flexibility index (Phi) is 4.98. The molecule has 0 aliphatic rings. The predicted octanol–water partition coefficient (Wildman–Crippen LogP) is 5.87. The number of phenolic OH excluding ortho intramolecular Hbond substituents is 1. The molecule has 0 saturated heterocycles. The molecule has 0 fully saturated rings. The third kappa shape index (κ3) is 4.66. The van der Waals surface area contributed by atoms with Gasteiger partial charge in [-0.2, -0.15) is 0 Å². The van der Waals surface area contributed by atoms with Gasteiger partial charge in [0.25, 0.3) is 0 Å². The first-order valence-electron chi connectivity index (χ1n) is 6.91. The van der Waals surface area contributed by atoms with Gasteiger partial charge in [-0.15, -0.1) is 0 Å². The Morgan fingerprint density at radius 2 is 1.63 bits per heavy atom. The number of benzene rings is 1. The molecular weight excluding hydrogens is 347 g/mol. The molecule has 108 valence electrons. The summed E-state index contributed by atoms with van der Waals surface area (Å²) in [5.74, 6) is 0.924. The van der Waals surface area contributed by atoms with Crippen LogP contribution in [0, 0.1) is 21.3 Å². The van der Waals surface area contributed by atoms with Gasteiger partial charge in [-0.3, -0.25) is 0 Å². The highest BCUT2D eigenvalue weighted by atomic mass is 127. The van der Waals surface area contributed by atoms with Crippen LogP contribution in [-0.2, 0) is 0 Å². The molecule has 0 radical (unpaired) electrons. The van der Waals surface area contributed by atoms with E-state index in [4.69, 9.17) is 0 Å². The molecule has 1 aromatic carbocycles. The van der Waals surface area contributed by atoms with Crippen molar-refractivity contribution < 1.29 is 5.11 Å². The summed E-state index contributed by atoms with van der Waals surface area (Å²) in [6.45, 7) is 15.8. The SMILES string of the molecule is Cc1cc(C(CC(C)(C)C)C(C)(C)C)cc(I)c1O. The van der Waals surface area contributed by atoms with Gasteiger partial charge in [0.05, 0.1) is 3.57 Å². The number of aromatic hydroxyl groups is 1. The molecule has 2 heteroatoms. The van der Waals surface area contributed by atoms with E-state index in [-0.39, 0.29) is 5.41 Å². The summed E-state index contributed by atoms with van der Waals surface area (Å²) in [4.78, 5) is 0. The lowest BCUT2D eigenvalue weighted by molar-refractivity contribution is 0.229. The van der Waals surface area contributed by atoms with Crippen LogP contribution in [0.3, 0.4) is 0 Å². The molecule has 0 bridgehead atoms. The summed E-state index contributed by atoms with van der Waals surface area (Å²) < 4.78 is 0.954. The fraction of sp³-hybridized carbons (Fsp3) is 0.647. The molecule has 0 amide bonds. The normalized spacial score (nSPS) is 14.5. The maximum Gasteiger partial charge on any atom is 0.131 e. The minimum Gasteiger partial charge on any atom is -0.507 e. The molecule has 0 spiro atoms. The molecular formula is C17H27IO. The number of rotatable bonds is 2. The Labute approximate surface area is 132 Å². The molecule has 1 unspecified atom stereocenters. The van der Waals surface area contributed by atoms with E-state index in [1.165, 1.54) is 5.56 Å². The van der Waals surface area contributed by atoms with Crippen molar-refractivity contribution in [2.75, 3.05) is 0 Å². The van der Waals surface area contributed by atoms with Crippen LogP contribution >= 0.6 is 22.6 Å². The van der Waals surface area contributed by atoms with Crippen LogP contribution in [-0.4, -0.2) is 5.11 Å². The summed E-state index contributed by atoms with van der Waals surface area (Å²) in [5.41, 5.74) is 2.85. The van der Waals surface area contributed by atoms with E-state index in [1.807, 2.05) is 6.92 Å². The van der Waals surface area contributed by atoms with Gasteiger partial charge in [0.1, 0.15) is 5.75 Å². The monoisotopic (exact) mass is 374 g/mol. The summed E-state index contributed by atoms with van der Waals surface area (Å²) in [6.07, 6.45) is 1.15. The second-order valence-electron chi connectivity index (χ2n) is 7.85. The second-order valence-corrected chi connectivity index (χ2v) is 9.01. The zero-order valence-corrected chi connectivity index (χ0v) is 15.4. The first kappa shape index (κ1) is 16.8. The summed E-state index contributed by atoms with van der Waals surface area (Å²) in [6, 6.07) is 4.30. The number of halogens is 1. The number of hydrogen-bond donors (Lipinski definition) is 1. The van der Waals surface area contributed by atoms with E-state index < -0.39 is 0 Å². The van der Waals surface area contributed by atoms with Crippen molar-refractivity contribution in [3.05, 3.63) is 26.8 Å². The van der Waals surface area contributed by atoms with Crippen molar-refractivity contribution in [2.24, 2.45) is 10.8 Å². The van der Waals surface area contributed by atoms with Gasteiger partial charge in [0.15, 0.2) is 0 Å². The Morgan fingerprint density at radius 1 is 1.11 bits per heavy atom. The molecule has 0 saturated carbocycles. The molecule has 0 heterocycles.